The number of rotatable bonds is 5. The van der Waals surface area contributed by atoms with E-state index in [0.717, 1.165) is 25.7 Å². The maximum atomic E-state index is 12.3. The van der Waals surface area contributed by atoms with Gasteiger partial charge in [0.1, 0.15) is 0 Å². The highest BCUT2D eigenvalue weighted by Gasteiger charge is 2.33. The van der Waals surface area contributed by atoms with E-state index >= 15 is 0 Å². The Hall–Kier alpha value is -2.06. The number of nitrogens with one attached hydrogen (secondary N) is 1. The first-order chi connectivity index (χ1) is 11.1. The third-order valence-electron chi connectivity index (χ3n) is 4.47. The topological polar surface area (TPSA) is 76.4 Å². The molecule has 1 aromatic rings. The van der Waals surface area contributed by atoms with E-state index in [1.165, 1.54) is 0 Å². The van der Waals surface area contributed by atoms with Crippen molar-refractivity contribution in [2.45, 2.75) is 51.0 Å². The molecule has 23 heavy (non-hydrogen) atoms. The summed E-state index contributed by atoms with van der Waals surface area (Å²) in [6, 6.07) is 8.76. The maximum Gasteiger partial charge on any atom is 0.321 e. The standard InChI is InChI=1S/C18H25N3O2/c1-2-3-4-8-18(23)9-11-21(12-10-18)17(22)20-16-7-5-6-15(13-16)14-19/h5-7,13,23H,2-4,8-12H2,1H3,(H,20,22). The van der Waals surface area contributed by atoms with Crippen molar-refractivity contribution >= 4 is 11.7 Å². The van der Waals surface area contributed by atoms with Gasteiger partial charge >= 0.3 is 6.03 Å². The monoisotopic (exact) mass is 315 g/mol. The molecule has 1 heterocycles. The van der Waals surface area contributed by atoms with E-state index in [4.69, 9.17) is 5.26 Å². The predicted molar refractivity (Wildman–Crippen MR) is 90.1 cm³/mol. The summed E-state index contributed by atoms with van der Waals surface area (Å²) in [6.07, 6.45) is 5.40. The first-order valence-electron chi connectivity index (χ1n) is 8.35. The van der Waals surface area contributed by atoms with Crippen molar-refractivity contribution < 1.29 is 9.90 Å². The number of hydrogen-bond acceptors (Lipinski definition) is 3. The number of piperidine rings is 1. The summed E-state index contributed by atoms with van der Waals surface area (Å²) < 4.78 is 0. The molecule has 124 valence electrons. The van der Waals surface area contributed by atoms with Gasteiger partial charge in [0.15, 0.2) is 0 Å². The zero-order valence-corrected chi connectivity index (χ0v) is 13.7. The quantitative estimate of drug-likeness (QED) is 0.816. The number of aliphatic hydroxyl groups is 1. The fourth-order valence-electron chi connectivity index (χ4n) is 2.95. The second kappa shape index (κ2) is 7.98. The first-order valence-corrected chi connectivity index (χ1v) is 8.35. The summed E-state index contributed by atoms with van der Waals surface area (Å²) in [5.41, 5.74) is 0.525. The molecule has 1 fully saturated rings. The number of amides is 2. The Balaban J connectivity index is 1.84. The Morgan fingerprint density at radius 3 is 2.78 bits per heavy atom. The van der Waals surface area contributed by atoms with Crippen LogP contribution in [0.3, 0.4) is 0 Å². The SMILES string of the molecule is CCCCCC1(O)CCN(C(=O)Nc2cccc(C#N)c2)CC1. The van der Waals surface area contributed by atoms with E-state index in [1.807, 2.05) is 0 Å². The number of carbonyl (C=O) groups is 1. The molecule has 1 saturated heterocycles. The summed E-state index contributed by atoms with van der Waals surface area (Å²) in [5, 5.41) is 22.3. The Morgan fingerprint density at radius 2 is 2.13 bits per heavy atom. The van der Waals surface area contributed by atoms with Crippen LogP contribution >= 0.6 is 0 Å². The minimum atomic E-state index is -0.618. The molecule has 0 saturated carbocycles. The van der Waals surface area contributed by atoms with Gasteiger partial charge in [-0.25, -0.2) is 4.79 Å². The molecular weight excluding hydrogens is 290 g/mol. The molecule has 2 N–H and O–H groups in total. The number of nitrogens with zero attached hydrogens (tertiary/aromatic N) is 2. The second-order valence-corrected chi connectivity index (χ2v) is 6.29. The molecule has 1 aromatic carbocycles. The summed E-state index contributed by atoms with van der Waals surface area (Å²) in [4.78, 5) is 14.0. The molecule has 1 aliphatic heterocycles. The summed E-state index contributed by atoms with van der Waals surface area (Å²) >= 11 is 0. The van der Waals surface area contributed by atoms with Gasteiger partial charge in [-0.05, 0) is 37.5 Å². The molecule has 0 unspecified atom stereocenters. The molecule has 2 amide bonds. The molecular formula is C18H25N3O2. The van der Waals surface area contributed by atoms with Gasteiger partial charge in [0.25, 0.3) is 0 Å². The van der Waals surface area contributed by atoms with Crippen LogP contribution in [-0.4, -0.2) is 34.7 Å². The number of unbranched alkanes of at least 4 members (excludes halogenated alkanes) is 2. The lowest BCUT2D eigenvalue weighted by Gasteiger charge is -2.38. The molecule has 0 aliphatic carbocycles. The van der Waals surface area contributed by atoms with Crippen molar-refractivity contribution in [3.8, 4) is 6.07 Å². The minimum Gasteiger partial charge on any atom is -0.390 e. The van der Waals surface area contributed by atoms with Crippen molar-refractivity contribution in [3.63, 3.8) is 0 Å². The van der Waals surface area contributed by atoms with E-state index in [2.05, 4.69) is 18.3 Å². The Kier molecular flexibility index (Phi) is 6.00. The molecule has 0 atom stereocenters. The van der Waals surface area contributed by atoms with Crippen LogP contribution in [0.4, 0.5) is 10.5 Å². The smallest absolute Gasteiger partial charge is 0.321 e. The van der Waals surface area contributed by atoms with Crippen LogP contribution in [0.1, 0.15) is 51.0 Å². The molecule has 1 aliphatic rings. The number of hydrogen-bond donors (Lipinski definition) is 2. The minimum absolute atomic E-state index is 0.171. The predicted octanol–water partition coefficient (Wildman–Crippen LogP) is 3.50. The van der Waals surface area contributed by atoms with Crippen LogP contribution in [0.5, 0.6) is 0 Å². The molecule has 0 radical (unpaired) electrons. The second-order valence-electron chi connectivity index (χ2n) is 6.29. The van der Waals surface area contributed by atoms with Gasteiger partial charge < -0.3 is 15.3 Å². The molecule has 5 heteroatoms. The van der Waals surface area contributed by atoms with Crippen LogP contribution in [0, 0.1) is 11.3 Å². The average molecular weight is 315 g/mol. The van der Waals surface area contributed by atoms with Crippen LogP contribution in [0.2, 0.25) is 0 Å². The molecule has 0 spiro atoms. The van der Waals surface area contributed by atoms with Crippen LogP contribution in [0.15, 0.2) is 24.3 Å². The third-order valence-corrected chi connectivity index (χ3v) is 4.47. The Morgan fingerprint density at radius 1 is 1.39 bits per heavy atom. The number of nitriles is 1. The summed E-state index contributed by atoms with van der Waals surface area (Å²) in [6.45, 7) is 3.27. The van der Waals surface area contributed by atoms with Crippen LogP contribution < -0.4 is 5.32 Å². The van der Waals surface area contributed by atoms with Gasteiger partial charge in [-0.1, -0.05) is 32.3 Å². The lowest BCUT2D eigenvalue weighted by molar-refractivity contribution is -0.0196. The summed E-state index contributed by atoms with van der Waals surface area (Å²) in [5.74, 6) is 0. The Bertz CT molecular complexity index is 572. The van der Waals surface area contributed by atoms with Crippen molar-refractivity contribution in [2.75, 3.05) is 18.4 Å². The van der Waals surface area contributed by atoms with E-state index in [9.17, 15) is 9.90 Å². The lowest BCUT2D eigenvalue weighted by atomic mass is 9.86. The Labute approximate surface area is 137 Å². The maximum absolute atomic E-state index is 12.3. The zero-order valence-electron chi connectivity index (χ0n) is 13.7. The van der Waals surface area contributed by atoms with Crippen LogP contribution in [0.25, 0.3) is 0 Å². The van der Waals surface area contributed by atoms with Crippen molar-refractivity contribution in [3.05, 3.63) is 29.8 Å². The third kappa shape index (κ3) is 4.97. The lowest BCUT2D eigenvalue weighted by Crippen LogP contribution is -2.48. The van der Waals surface area contributed by atoms with E-state index < -0.39 is 5.60 Å². The zero-order chi connectivity index (χ0) is 16.7. The van der Waals surface area contributed by atoms with Gasteiger partial charge in [-0.15, -0.1) is 0 Å². The van der Waals surface area contributed by atoms with E-state index in [0.29, 0.717) is 37.2 Å². The highest BCUT2D eigenvalue weighted by molar-refractivity contribution is 5.89. The number of likely N-dealkylation sites (tertiary alicyclic amines) is 1. The molecule has 0 bridgehead atoms. The molecule has 0 aromatic heterocycles. The first kappa shape index (κ1) is 17.3. The van der Waals surface area contributed by atoms with Crippen molar-refractivity contribution in [1.82, 2.24) is 4.90 Å². The van der Waals surface area contributed by atoms with E-state index in [1.54, 1.807) is 29.2 Å². The number of anilines is 1. The highest BCUT2D eigenvalue weighted by atomic mass is 16.3. The van der Waals surface area contributed by atoms with Gasteiger partial charge in [-0.2, -0.15) is 5.26 Å². The highest BCUT2D eigenvalue weighted by Crippen LogP contribution is 2.28. The normalized spacial score (nSPS) is 16.7. The van der Waals surface area contributed by atoms with E-state index in [-0.39, 0.29) is 6.03 Å². The fourth-order valence-corrected chi connectivity index (χ4v) is 2.95. The van der Waals surface area contributed by atoms with Gasteiger partial charge in [0, 0.05) is 18.8 Å². The largest absolute Gasteiger partial charge is 0.390 e. The number of urea groups is 1. The molecule has 5 nitrogen and oxygen atoms in total. The van der Waals surface area contributed by atoms with Gasteiger partial charge in [-0.3, -0.25) is 0 Å². The van der Waals surface area contributed by atoms with Gasteiger partial charge in [0.05, 0.1) is 17.2 Å². The average Bonchev–Trinajstić information content (AvgIpc) is 2.56. The number of carbonyl (C=O) groups excluding carboxylic acids is 1. The van der Waals surface area contributed by atoms with Crippen molar-refractivity contribution in [1.29, 1.82) is 5.26 Å². The molecule has 2 rings (SSSR count). The van der Waals surface area contributed by atoms with Crippen LogP contribution in [-0.2, 0) is 0 Å². The van der Waals surface area contributed by atoms with Gasteiger partial charge in [0.2, 0.25) is 0 Å². The van der Waals surface area contributed by atoms with Crippen molar-refractivity contribution in [2.24, 2.45) is 0 Å². The number of benzene rings is 1. The summed E-state index contributed by atoms with van der Waals surface area (Å²) in [7, 11) is 0. The fraction of sp³-hybridized carbons (Fsp3) is 0.556.